The fourth-order valence-electron chi connectivity index (χ4n) is 3.73. The Kier molecular flexibility index (Phi) is 10.3. The monoisotopic (exact) mass is 485 g/mol. The van der Waals surface area contributed by atoms with Gasteiger partial charge in [-0.15, -0.1) is 0 Å². The van der Waals surface area contributed by atoms with Crippen molar-refractivity contribution in [3.63, 3.8) is 0 Å². The largest absolute Gasteiger partial charge is 0.478 e. The summed E-state index contributed by atoms with van der Waals surface area (Å²) in [5.41, 5.74) is 3.82. The Morgan fingerprint density at radius 1 is 0.917 bits per heavy atom. The van der Waals surface area contributed by atoms with Gasteiger partial charge in [-0.3, -0.25) is 14.8 Å². The number of nitrogens with two attached hydrogens (primary N) is 1. The van der Waals surface area contributed by atoms with Crippen molar-refractivity contribution in [3.05, 3.63) is 89.7 Å². The van der Waals surface area contributed by atoms with E-state index in [1.54, 1.807) is 48.9 Å². The van der Waals surface area contributed by atoms with Gasteiger partial charge in [0.2, 0.25) is 0 Å². The first-order valence-corrected chi connectivity index (χ1v) is 12.0. The predicted octanol–water partition coefficient (Wildman–Crippen LogP) is 4.56. The number of unbranched alkanes of at least 4 members (excludes halogenated alkanes) is 4. The van der Waals surface area contributed by atoms with Gasteiger partial charge in [-0.25, -0.2) is 4.79 Å². The van der Waals surface area contributed by atoms with Gasteiger partial charge in [-0.05, 0) is 54.3 Å². The van der Waals surface area contributed by atoms with Crippen LogP contribution in [-0.4, -0.2) is 47.0 Å². The van der Waals surface area contributed by atoms with E-state index in [9.17, 15) is 9.59 Å². The third-order valence-corrected chi connectivity index (χ3v) is 5.67. The number of carbonyl (C=O) groups excluding carboxylic acids is 1. The van der Waals surface area contributed by atoms with Crippen molar-refractivity contribution < 1.29 is 14.7 Å². The summed E-state index contributed by atoms with van der Waals surface area (Å²) in [5, 5.41) is 15.9. The number of carboxylic acids is 1. The molecule has 8 nitrogen and oxygen atoms in total. The van der Waals surface area contributed by atoms with E-state index in [2.05, 4.69) is 20.4 Å². The van der Waals surface area contributed by atoms with Gasteiger partial charge in [-0.1, -0.05) is 49.6 Å². The van der Waals surface area contributed by atoms with Gasteiger partial charge >= 0.3 is 5.97 Å². The fourth-order valence-corrected chi connectivity index (χ4v) is 3.73. The minimum atomic E-state index is -0.976. The lowest BCUT2D eigenvalue weighted by Gasteiger charge is -2.11. The highest BCUT2D eigenvalue weighted by Gasteiger charge is 2.12. The van der Waals surface area contributed by atoms with E-state index in [4.69, 9.17) is 10.9 Å². The normalized spacial score (nSPS) is 11.5. The Morgan fingerprint density at radius 2 is 1.67 bits per heavy atom. The van der Waals surface area contributed by atoms with Crippen LogP contribution >= 0.6 is 0 Å². The number of aromatic nitrogens is 1. The standard InChI is InChI=1S/C28H31N5O3/c29-33-26(23-9-8-17-30-19-23)20-31-16-6-2-1-3-7-18-32-27(34)25-11-5-4-10-24(25)21-12-14-22(15-13-21)28(35)36/h4-5,8-15,17,19-20H,1-3,6-7,16,18,29H2,(H,32,34)(H,35,36). The number of hydrazone groups is 1. The number of rotatable bonds is 13. The molecular formula is C28H31N5O3. The summed E-state index contributed by atoms with van der Waals surface area (Å²) in [4.78, 5) is 32.3. The maximum Gasteiger partial charge on any atom is 0.335 e. The number of aromatic carboxylic acids is 1. The molecule has 0 saturated heterocycles. The van der Waals surface area contributed by atoms with Gasteiger partial charge in [-0.2, -0.15) is 5.10 Å². The molecule has 1 heterocycles. The van der Waals surface area contributed by atoms with Crippen LogP contribution in [0, 0.1) is 0 Å². The predicted molar refractivity (Wildman–Crippen MR) is 143 cm³/mol. The second-order valence-electron chi connectivity index (χ2n) is 8.24. The van der Waals surface area contributed by atoms with Gasteiger partial charge in [0, 0.05) is 42.8 Å². The summed E-state index contributed by atoms with van der Waals surface area (Å²) in [5.74, 6) is 4.34. The summed E-state index contributed by atoms with van der Waals surface area (Å²) < 4.78 is 0. The Bertz CT molecular complexity index is 1190. The van der Waals surface area contributed by atoms with E-state index in [-0.39, 0.29) is 11.5 Å². The third kappa shape index (κ3) is 7.87. The lowest BCUT2D eigenvalue weighted by atomic mass is 9.98. The Hall–Kier alpha value is -4.33. The minimum absolute atomic E-state index is 0.131. The highest BCUT2D eigenvalue weighted by atomic mass is 16.4. The van der Waals surface area contributed by atoms with Gasteiger partial charge in [0.25, 0.3) is 5.91 Å². The first-order valence-electron chi connectivity index (χ1n) is 12.0. The molecular weight excluding hydrogens is 454 g/mol. The van der Waals surface area contributed by atoms with E-state index in [1.807, 2.05) is 30.3 Å². The number of hydrogen-bond acceptors (Lipinski definition) is 6. The molecule has 3 rings (SSSR count). The number of carbonyl (C=O) groups is 2. The van der Waals surface area contributed by atoms with Crippen LogP contribution in [-0.2, 0) is 0 Å². The van der Waals surface area contributed by atoms with Crippen molar-refractivity contribution in [2.45, 2.75) is 32.1 Å². The molecule has 0 unspecified atom stereocenters. The highest BCUT2D eigenvalue weighted by molar-refractivity contribution is 6.38. The SMILES string of the molecule is NN=C(C=NCCCCCCCNC(=O)c1ccccc1-c1ccc(C(=O)O)cc1)c1cccnc1. The molecule has 0 aliphatic carbocycles. The van der Waals surface area contributed by atoms with Gasteiger partial charge in [0.15, 0.2) is 0 Å². The number of benzene rings is 2. The molecule has 36 heavy (non-hydrogen) atoms. The maximum atomic E-state index is 12.8. The molecule has 0 atom stereocenters. The van der Waals surface area contributed by atoms with Crippen molar-refractivity contribution in [2.24, 2.45) is 15.9 Å². The Morgan fingerprint density at radius 3 is 2.39 bits per heavy atom. The van der Waals surface area contributed by atoms with Crippen LogP contribution in [0.5, 0.6) is 0 Å². The fraction of sp³-hybridized carbons (Fsp3) is 0.250. The van der Waals surface area contributed by atoms with E-state index in [0.29, 0.717) is 24.4 Å². The number of carboxylic acid groups (broad SMARTS) is 1. The number of hydrogen-bond donors (Lipinski definition) is 3. The number of pyridine rings is 1. The number of amides is 1. The van der Waals surface area contributed by atoms with Crippen molar-refractivity contribution in [3.8, 4) is 11.1 Å². The molecule has 1 amide bonds. The van der Waals surface area contributed by atoms with Crippen LogP contribution in [0.1, 0.15) is 58.4 Å². The summed E-state index contributed by atoms with van der Waals surface area (Å²) in [7, 11) is 0. The average molecular weight is 486 g/mol. The van der Waals surface area contributed by atoms with Gasteiger partial charge in [0.1, 0.15) is 5.71 Å². The maximum absolute atomic E-state index is 12.8. The molecule has 3 aromatic rings. The number of nitrogens with zero attached hydrogens (tertiary/aromatic N) is 3. The second kappa shape index (κ2) is 14.2. The Labute approximate surface area is 211 Å². The topological polar surface area (TPSA) is 130 Å². The summed E-state index contributed by atoms with van der Waals surface area (Å²) in [6.07, 6.45) is 10.1. The van der Waals surface area contributed by atoms with E-state index >= 15 is 0 Å². The molecule has 0 bridgehead atoms. The molecule has 8 heteroatoms. The zero-order chi connectivity index (χ0) is 25.6. The first kappa shape index (κ1) is 26.3. The zero-order valence-corrected chi connectivity index (χ0v) is 20.1. The average Bonchev–Trinajstić information content (AvgIpc) is 2.92. The number of aliphatic imine (C=N–C) groups is 1. The lowest BCUT2D eigenvalue weighted by molar-refractivity contribution is 0.0696. The van der Waals surface area contributed by atoms with Crippen LogP contribution in [0.25, 0.3) is 11.1 Å². The van der Waals surface area contributed by atoms with E-state index in [0.717, 1.165) is 48.8 Å². The van der Waals surface area contributed by atoms with Crippen LogP contribution < -0.4 is 11.2 Å². The molecule has 0 spiro atoms. The van der Waals surface area contributed by atoms with Crippen molar-refractivity contribution >= 4 is 23.8 Å². The number of nitrogens with one attached hydrogen (secondary N) is 1. The molecule has 0 aliphatic rings. The van der Waals surface area contributed by atoms with Crippen LogP contribution in [0.15, 0.2) is 83.2 Å². The molecule has 2 aromatic carbocycles. The lowest BCUT2D eigenvalue weighted by Crippen LogP contribution is -2.25. The van der Waals surface area contributed by atoms with Crippen molar-refractivity contribution in [1.29, 1.82) is 0 Å². The summed E-state index contributed by atoms with van der Waals surface area (Å²) in [6, 6.07) is 17.6. The van der Waals surface area contributed by atoms with E-state index in [1.165, 1.54) is 0 Å². The molecule has 1 aromatic heterocycles. The smallest absolute Gasteiger partial charge is 0.335 e. The van der Waals surface area contributed by atoms with Crippen molar-refractivity contribution in [2.75, 3.05) is 13.1 Å². The van der Waals surface area contributed by atoms with Gasteiger partial charge < -0.3 is 16.3 Å². The van der Waals surface area contributed by atoms with Crippen LogP contribution in [0.4, 0.5) is 0 Å². The van der Waals surface area contributed by atoms with Gasteiger partial charge in [0.05, 0.1) is 5.56 Å². The quantitative estimate of drug-likeness (QED) is 0.141. The highest BCUT2D eigenvalue weighted by Crippen LogP contribution is 2.24. The first-order chi connectivity index (χ1) is 17.6. The molecule has 0 radical (unpaired) electrons. The van der Waals surface area contributed by atoms with E-state index < -0.39 is 5.97 Å². The zero-order valence-electron chi connectivity index (χ0n) is 20.1. The molecule has 4 N–H and O–H groups in total. The molecule has 186 valence electrons. The van der Waals surface area contributed by atoms with Crippen LogP contribution in [0.3, 0.4) is 0 Å². The third-order valence-electron chi connectivity index (χ3n) is 5.67. The Balaban J connectivity index is 1.35. The molecule has 0 aliphatic heterocycles. The van der Waals surface area contributed by atoms with Crippen molar-refractivity contribution in [1.82, 2.24) is 10.3 Å². The second-order valence-corrected chi connectivity index (χ2v) is 8.24. The summed E-state index contributed by atoms with van der Waals surface area (Å²) >= 11 is 0. The van der Waals surface area contributed by atoms with Crippen LogP contribution in [0.2, 0.25) is 0 Å². The minimum Gasteiger partial charge on any atom is -0.478 e. The summed E-state index contributed by atoms with van der Waals surface area (Å²) in [6.45, 7) is 1.31. The molecule has 0 fully saturated rings. The molecule has 0 saturated carbocycles.